The maximum Gasteiger partial charge on any atom is 0.508 e. The van der Waals surface area contributed by atoms with Crippen molar-refractivity contribution >= 4 is 12.1 Å². The van der Waals surface area contributed by atoms with Gasteiger partial charge in [0.25, 0.3) is 0 Å². The zero-order valence-electron chi connectivity index (χ0n) is 19.0. The highest BCUT2D eigenvalue weighted by Crippen LogP contribution is 2.33. The van der Waals surface area contributed by atoms with E-state index in [0.717, 1.165) is 16.9 Å². The van der Waals surface area contributed by atoms with Crippen LogP contribution in [0.4, 0.5) is 4.79 Å². The molecule has 7 heteroatoms. The first-order chi connectivity index (χ1) is 15.2. The number of hydrogen-bond acceptors (Lipinski definition) is 7. The molecule has 0 spiro atoms. The van der Waals surface area contributed by atoms with Gasteiger partial charge in [-0.15, -0.1) is 0 Å². The number of benzene rings is 2. The number of carbonyl (C=O) groups is 2. The number of cyclic esters (lactones) is 2. The third kappa shape index (κ3) is 6.39. The van der Waals surface area contributed by atoms with Gasteiger partial charge < -0.3 is 23.7 Å². The summed E-state index contributed by atoms with van der Waals surface area (Å²) in [5.41, 5.74) is 2.08. The summed E-state index contributed by atoms with van der Waals surface area (Å²) in [4.78, 5) is 21.9. The first kappa shape index (κ1) is 23.4. The van der Waals surface area contributed by atoms with Crippen LogP contribution in [-0.4, -0.2) is 44.7 Å². The van der Waals surface area contributed by atoms with Crippen LogP contribution in [0.1, 0.15) is 38.8 Å². The first-order valence-corrected chi connectivity index (χ1v) is 10.7. The van der Waals surface area contributed by atoms with Crippen molar-refractivity contribution in [3.05, 3.63) is 59.7 Å². The van der Waals surface area contributed by atoms with Gasteiger partial charge in [0.15, 0.2) is 6.10 Å². The molecule has 1 saturated heterocycles. The second-order valence-electron chi connectivity index (χ2n) is 8.50. The molecule has 172 valence electrons. The third-order valence-electron chi connectivity index (χ3n) is 5.34. The minimum Gasteiger partial charge on any atom is -0.493 e. The Morgan fingerprint density at radius 1 is 1.00 bits per heavy atom. The van der Waals surface area contributed by atoms with Crippen LogP contribution in [0.5, 0.6) is 11.5 Å². The van der Waals surface area contributed by atoms with Gasteiger partial charge in [0.1, 0.15) is 24.7 Å². The summed E-state index contributed by atoms with van der Waals surface area (Å²) in [7, 11) is 0. The summed E-state index contributed by atoms with van der Waals surface area (Å²) in [5, 5.41) is 0. The Hall–Kier alpha value is -3.22. The van der Waals surface area contributed by atoms with Crippen molar-refractivity contribution in [1.82, 2.24) is 0 Å². The summed E-state index contributed by atoms with van der Waals surface area (Å²) in [6.45, 7) is 9.00. The van der Waals surface area contributed by atoms with E-state index in [0.29, 0.717) is 19.0 Å². The molecule has 0 saturated carbocycles. The van der Waals surface area contributed by atoms with Crippen molar-refractivity contribution in [2.75, 3.05) is 26.4 Å². The molecule has 2 unspecified atom stereocenters. The lowest BCUT2D eigenvalue weighted by molar-refractivity contribution is -0.142. The largest absolute Gasteiger partial charge is 0.508 e. The van der Waals surface area contributed by atoms with Crippen LogP contribution >= 0.6 is 0 Å². The molecule has 2 atom stereocenters. The summed E-state index contributed by atoms with van der Waals surface area (Å²) >= 11 is 0. The Morgan fingerprint density at radius 3 is 2.06 bits per heavy atom. The molecular weight excluding hydrogens is 412 g/mol. The number of esters is 1. The van der Waals surface area contributed by atoms with Gasteiger partial charge in [-0.05, 0) is 35.4 Å². The Bertz CT molecular complexity index is 903. The van der Waals surface area contributed by atoms with Gasteiger partial charge >= 0.3 is 12.1 Å². The topological polar surface area (TPSA) is 80.3 Å². The third-order valence-corrected chi connectivity index (χ3v) is 5.34. The lowest BCUT2D eigenvalue weighted by Gasteiger charge is -2.26. The lowest BCUT2D eigenvalue weighted by atomic mass is 9.78. The molecule has 0 radical (unpaired) electrons. The highest BCUT2D eigenvalue weighted by molar-refractivity contribution is 5.65. The zero-order chi connectivity index (χ0) is 23.1. The van der Waals surface area contributed by atoms with Gasteiger partial charge in [-0.2, -0.15) is 0 Å². The summed E-state index contributed by atoms with van der Waals surface area (Å²) in [6.07, 6.45) is -1.02. The molecule has 0 aromatic heterocycles. The molecule has 1 heterocycles. The average molecular weight is 443 g/mol. The smallest absolute Gasteiger partial charge is 0.493 e. The predicted molar refractivity (Wildman–Crippen MR) is 118 cm³/mol. The molecular formula is C25H30O7. The van der Waals surface area contributed by atoms with Crippen molar-refractivity contribution in [3.8, 4) is 11.5 Å². The van der Waals surface area contributed by atoms with Crippen molar-refractivity contribution in [2.24, 2.45) is 5.92 Å². The van der Waals surface area contributed by atoms with Gasteiger partial charge in [0.05, 0.1) is 13.2 Å². The Balaban J connectivity index is 1.54. The molecule has 7 nitrogen and oxygen atoms in total. The van der Waals surface area contributed by atoms with Crippen LogP contribution in [0.25, 0.3) is 0 Å². The molecule has 0 N–H and O–H groups in total. The van der Waals surface area contributed by atoms with Crippen LogP contribution < -0.4 is 9.47 Å². The molecule has 1 fully saturated rings. The zero-order valence-corrected chi connectivity index (χ0v) is 19.0. The fourth-order valence-electron chi connectivity index (χ4n) is 3.28. The normalized spacial score (nSPS) is 16.6. The minimum atomic E-state index is -0.649. The molecule has 1 aliphatic heterocycles. The van der Waals surface area contributed by atoms with Crippen molar-refractivity contribution in [3.63, 3.8) is 0 Å². The van der Waals surface area contributed by atoms with Gasteiger partial charge in [0, 0.05) is 18.3 Å². The predicted octanol–water partition coefficient (Wildman–Crippen LogP) is 4.50. The fraction of sp³-hybridized carbons (Fsp3) is 0.440. The van der Waals surface area contributed by atoms with Crippen molar-refractivity contribution < 1.29 is 33.3 Å². The van der Waals surface area contributed by atoms with Crippen LogP contribution in [0.2, 0.25) is 0 Å². The van der Waals surface area contributed by atoms with Crippen LogP contribution in [0.15, 0.2) is 48.5 Å². The van der Waals surface area contributed by atoms with Gasteiger partial charge in [0.2, 0.25) is 0 Å². The van der Waals surface area contributed by atoms with E-state index >= 15 is 0 Å². The van der Waals surface area contributed by atoms with Crippen LogP contribution in [0, 0.1) is 5.92 Å². The van der Waals surface area contributed by atoms with E-state index in [9.17, 15) is 9.59 Å². The van der Waals surface area contributed by atoms with E-state index in [2.05, 4.69) is 26.0 Å². The summed E-state index contributed by atoms with van der Waals surface area (Å²) in [6, 6.07) is 15.9. The summed E-state index contributed by atoms with van der Waals surface area (Å²) in [5.74, 6) is 1.32. The monoisotopic (exact) mass is 442 g/mol. The highest BCUT2D eigenvalue weighted by Gasteiger charge is 2.26. The quantitative estimate of drug-likeness (QED) is 0.501. The van der Waals surface area contributed by atoms with Gasteiger partial charge in [-0.3, -0.25) is 4.79 Å². The van der Waals surface area contributed by atoms with E-state index in [-0.39, 0.29) is 36.6 Å². The number of hydrogen-bond donors (Lipinski definition) is 0. The maximum atomic E-state index is 11.0. The maximum absolute atomic E-state index is 11.0. The second kappa shape index (κ2) is 10.4. The highest BCUT2D eigenvalue weighted by atomic mass is 16.8. The molecule has 32 heavy (non-hydrogen) atoms. The molecule has 1 aliphatic rings. The van der Waals surface area contributed by atoms with Crippen LogP contribution in [0.3, 0.4) is 0 Å². The first-order valence-electron chi connectivity index (χ1n) is 10.7. The van der Waals surface area contributed by atoms with Gasteiger partial charge in [-0.25, -0.2) is 4.79 Å². The lowest BCUT2D eigenvalue weighted by Crippen LogP contribution is -2.20. The van der Waals surface area contributed by atoms with Crippen LogP contribution in [-0.2, 0) is 24.4 Å². The number of carbonyl (C=O) groups excluding carboxylic acids is 2. The molecule has 2 aromatic carbocycles. The van der Waals surface area contributed by atoms with Crippen molar-refractivity contribution in [2.45, 2.75) is 39.2 Å². The number of rotatable bonds is 10. The second-order valence-corrected chi connectivity index (χ2v) is 8.50. The molecule has 0 aliphatic carbocycles. The average Bonchev–Trinajstić information content (AvgIpc) is 3.20. The molecule has 0 bridgehead atoms. The Labute approximate surface area is 188 Å². The van der Waals surface area contributed by atoms with E-state index < -0.39 is 6.16 Å². The molecule has 0 amide bonds. The standard InChI is InChI=1S/C25H30O7/c1-17(13-28-18(2)26)14-29-21-9-5-19(6-10-21)25(3,4)20-7-11-22(12-8-20)30-15-23-16-31-24(27)32-23/h5-12,17,23H,13-16H2,1-4H3. The summed E-state index contributed by atoms with van der Waals surface area (Å²) < 4.78 is 26.2. The fourth-order valence-corrected chi connectivity index (χ4v) is 3.28. The molecule has 3 rings (SSSR count). The Morgan fingerprint density at radius 2 is 1.56 bits per heavy atom. The van der Waals surface area contributed by atoms with Crippen molar-refractivity contribution in [1.29, 1.82) is 0 Å². The van der Waals surface area contributed by atoms with E-state index in [4.69, 9.17) is 23.7 Å². The van der Waals surface area contributed by atoms with E-state index in [1.54, 1.807) is 0 Å². The van der Waals surface area contributed by atoms with E-state index in [1.807, 2.05) is 43.3 Å². The Kier molecular flexibility index (Phi) is 7.62. The van der Waals surface area contributed by atoms with E-state index in [1.165, 1.54) is 6.92 Å². The van der Waals surface area contributed by atoms with Gasteiger partial charge in [-0.1, -0.05) is 45.0 Å². The molecule has 2 aromatic rings. The minimum absolute atomic E-state index is 0.115. The number of ether oxygens (including phenoxy) is 5. The SMILES string of the molecule is CC(=O)OCC(C)COc1ccc(C(C)(C)c2ccc(OCC3COC(=O)O3)cc2)cc1.